The second kappa shape index (κ2) is 7.14. The zero-order valence-corrected chi connectivity index (χ0v) is 14.6. The summed E-state index contributed by atoms with van der Waals surface area (Å²) in [5.74, 6) is 2.00. The summed E-state index contributed by atoms with van der Waals surface area (Å²) in [7, 11) is 0. The number of rotatable bonds is 4. The van der Waals surface area contributed by atoms with Gasteiger partial charge in [-0.3, -0.25) is 4.99 Å². The van der Waals surface area contributed by atoms with Gasteiger partial charge in [-0.1, -0.05) is 30.3 Å². The Hall–Kier alpha value is -2.20. The molecule has 0 aromatic heterocycles. The molecule has 0 fully saturated rings. The van der Waals surface area contributed by atoms with Crippen LogP contribution in [0.3, 0.4) is 0 Å². The average Bonchev–Trinajstić information content (AvgIpc) is 2.90. The van der Waals surface area contributed by atoms with Crippen LogP contribution in [0, 0.1) is 0 Å². The number of ether oxygens (including phenoxy) is 1. The minimum atomic E-state index is 0. The Bertz CT molecular complexity index is 733. The summed E-state index contributed by atoms with van der Waals surface area (Å²) in [6.45, 7) is 5.48. The van der Waals surface area contributed by atoms with E-state index in [9.17, 15) is 0 Å². The first-order valence-corrected chi connectivity index (χ1v) is 8.27. The molecule has 0 N–H and O–H groups in total. The molecule has 0 unspecified atom stereocenters. The van der Waals surface area contributed by atoms with Gasteiger partial charge in [-0.15, -0.1) is 12.4 Å². The Balaban J connectivity index is 0.00000169. The Morgan fingerprint density at radius 3 is 2.71 bits per heavy atom. The molecule has 0 aliphatic carbocycles. The third kappa shape index (κ3) is 2.94. The predicted octanol–water partition coefficient (Wildman–Crippen LogP) is 4.09. The zero-order chi connectivity index (χ0) is 15.6. The molecule has 2 aromatic carbocycles. The molecule has 4 nitrogen and oxygen atoms in total. The molecule has 2 aliphatic heterocycles. The Morgan fingerprint density at radius 1 is 1.08 bits per heavy atom. The smallest absolute Gasteiger partial charge is 0.206 e. The summed E-state index contributed by atoms with van der Waals surface area (Å²) < 4.78 is 5.68. The number of hydrogen-bond donors (Lipinski definition) is 0. The van der Waals surface area contributed by atoms with Crippen molar-refractivity contribution in [3.8, 4) is 5.75 Å². The third-order valence-electron chi connectivity index (χ3n) is 4.30. The van der Waals surface area contributed by atoms with Gasteiger partial charge in [0, 0.05) is 19.2 Å². The number of fused-ring (bicyclic) bond motifs is 3. The number of aliphatic imine (C=N–C) groups is 1. The largest absolute Gasteiger partial charge is 0.494 e. The van der Waals surface area contributed by atoms with Gasteiger partial charge >= 0.3 is 0 Å². The lowest BCUT2D eigenvalue weighted by molar-refractivity contribution is 0.340. The highest BCUT2D eigenvalue weighted by Crippen LogP contribution is 2.41. The maximum absolute atomic E-state index is 5.68. The lowest BCUT2D eigenvalue weighted by Gasteiger charge is -2.26. The van der Waals surface area contributed by atoms with E-state index in [4.69, 9.17) is 9.73 Å². The molecule has 24 heavy (non-hydrogen) atoms. The Kier molecular flexibility index (Phi) is 4.95. The highest BCUT2D eigenvalue weighted by atomic mass is 35.5. The highest BCUT2D eigenvalue weighted by molar-refractivity contribution is 6.16. The van der Waals surface area contributed by atoms with E-state index in [1.807, 2.05) is 6.92 Å². The molecule has 2 aliphatic rings. The van der Waals surface area contributed by atoms with Gasteiger partial charge in [0.25, 0.3) is 0 Å². The molecular formula is C19H22ClN3O. The van der Waals surface area contributed by atoms with E-state index >= 15 is 0 Å². The van der Waals surface area contributed by atoms with Gasteiger partial charge in [-0.05, 0) is 31.0 Å². The molecule has 0 spiro atoms. The number of hydrogen-bond acceptors (Lipinski definition) is 4. The van der Waals surface area contributed by atoms with Crippen LogP contribution in [0.2, 0.25) is 0 Å². The molecule has 0 amide bonds. The number of benzene rings is 2. The molecule has 5 heteroatoms. The van der Waals surface area contributed by atoms with E-state index in [-0.39, 0.29) is 12.4 Å². The second-order valence-corrected chi connectivity index (χ2v) is 5.84. The number of nitrogens with zero attached hydrogens (tertiary/aromatic N) is 3. The van der Waals surface area contributed by atoms with Crippen molar-refractivity contribution < 1.29 is 4.74 Å². The molecule has 0 saturated heterocycles. The quantitative estimate of drug-likeness (QED) is 0.836. The van der Waals surface area contributed by atoms with Crippen molar-refractivity contribution in [1.29, 1.82) is 0 Å². The molecular weight excluding hydrogens is 322 g/mol. The molecule has 2 heterocycles. The van der Waals surface area contributed by atoms with E-state index in [1.165, 1.54) is 16.9 Å². The number of halogens is 1. The topological polar surface area (TPSA) is 28.1 Å². The van der Waals surface area contributed by atoms with Gasteiger partial charge in [-0.2, -0.15) is 0 Å². The van der Waals surface area contributed by atoms with Gasteiger partial charge < -0.3 is 14.5 Å². The summed E-state index contributed by atoms with van der Waals surface area (Å²) in [5.41, 5.74) is 3.73. The van der Waals surface area contributed by atoms with Gasteiger partial charge in [0.15, 0.2) is 0 Å². The monoisotopic (exact) mass is 343 g/mol. The highest BCUT2D eigenvalue weighted by Gasteiger charge is 2.34. The van der Waals surface area contributed by atoms with Crippen LogP contribution < -0.4 is 14.5 Å². The first kappa shape index (κ1) is 16.7. The Labute approximate surface area is 149 Å². The predicted molar refractivity (Wildman–Crippen MR) is 102 cm³/mol. The molecule has 0 atom stereocenters. The summed E-state index contributed by atoms with van der Waals surface area (Å²) in [5, 5.41) is 0. The first-order chi connectivity index (χ1) is 11.4. The van der Waals surface area contributed by atoms with E-state index in [0.717, 1.165) is 37.8 Å². The van der Waals surface area contributed by atoms with Crippen molar-refractivity contribution in [1.82, 2.24) is 0 Å². The van der Waals surface area contributed by atoms with Gasteiger partial charge in [-0.25, -0.2) is 0 Å². The number of guanidine groups is 1. The summed E-state index contributed by atoms with van der Waals surface area (Å²) in [6.07, 6.45) is 1.10. The van der Waals surface area contributed by atoms with Crippen LogP contribution in [0.15, 0.2) is 53.5 Å². The van der Waals surface area contributed by atoms with Crippen LogP contribution >= 0.6 is 12.4 Å². The lowest BCUT2D eigenvalue weighted by Crippen LogP contribution is -2.41. The van der Waals surface area contributed by atoms with Crippen LogP contribution in [-0.4, -0.2) is 25.7 Å². The summed E-state index contributed by atoms with van der Waals surface area (Å²) in [6, 6.07) is 16.9. The molecule has 0 radical (unpaired) electrons. The van der Waals surface area contributed by atoms with E-state index in [2.05, 4.69) is 58.3 Å². The fraction of sp³-hybridized carbons (Fsp3) is 0.316. The first-order valence-electron chi connectivity index (χ1n) is 8.27. The van der Waals surface area contributed by atoms with Crippen LogP contribution in [0.4, 0.5) is 11.4 Å². The molecule has 0 saturated carbocycles. The second-order valence-electron chi connectivity index (χ2n) is 5.84. The maximum Gasteiger partial charge on any atom is 0.206 e. The molecule has 126 valence electrons. The van der Waals surface area contributed by atoms with Crippen molar-refractivity contribution in [3.63, 3.8) is 0 Å². The van der Waals surface area contributed by atoms with Crippen LogP contribution in [0.1, 0.15) is 18.9 Å². The number of anilines is 2. The SMILES string of the molecule is CCOc1ccc2c(c1)N1CCCN=C1N2Cc1ccccc1.Cl. The van der Waals surface area contributed by atoms with Crippen molar-refractivity contribution in [3.05, 3.63) is 54.1 Å². The third-order valence-corrected chi connectivity index (χ3v) is 4.30. The van der Waals surface area contributed by atoms with Crippen molar-refractivity contribution in [2.24, 2.45) is 4.99 Å². The van der Waals surface area contributed by atoms with Crippen LogP contribution in [0.5, 0.6) is 5.75 Å². The van der Waals surface area contributed by atoms with Gasteiger partial charge in [0.05, 0.1) is 24.5 Å². The lowest BCUT2D eigenvalue weighted by atomic mass is 10.2. The average molecular weight is 344 g/mol. The minimum Gasteiger partial charge on any atom is -0.494 e. The van der Waals surface area contributed by atoms with E-state index in [1.54, 1.807) is 0 Å². The maximum atomic E-state index is 5.68. The molecule has 0 bridgehead atoms. The fourth-order valence-electron chi connectivity index (χ4n) is 3.29. The normalized spacial score (nSPS) is 15.3. The van der Waals surface area contributed by atoms with E-state index in [0.29, 0.717) is 6.61 Å². The zero-order valence-electron chi connectivity index (χ0n) is 13.8. The minimum absolute atomic E-state index is 0. The van der Waals surface area contributed by atoms with Gasteiger partial charge in [0.2, 0.25) is 5.96 Å². The van der Waals surface area contributed by atoms with Crippen molar-refractivity contribution in [2.75, 3.05) is 29.5 Å². The van der Waals surface area contributed by atoms with Crippen LogP contribution in [-0.2, 0) is 6.54 Å². The molecule has 2 aromatic rings. The fourth-order valence-corrected chi connectivity index (χ4v) is 3.29. The molecule has 4 rings (SSSR count). The Morgan fingerprint density at radius 2 is 1.92 bits per heavy atom. The summed E-state index contributed by atoms with van der Waals surface area (Å²) >= 11 is 0. The van der Waals surface area contributed by atoms with Crippen LogP contribution in [0.25, 0.3) is 0 Å². The van der Waals surface area contributed by atoms with Crippen molar-refractivity contribution in [2.45, 2.75) is 19.9 Å². The van der Waals surface area contributed by atoms with Gasteiger partial charge in [0.1, 0.15) is 5.75 Å². The standard InChI is InChI=1S/C19H21N3O.ClH/c1-2-23-16-9-10-17-18(13-16)21-12-6-11-20-19(21)22(17)14-15-7-4-3-5-8-15;/h3-5,7-10,13H,2,6,11-12,14H2,1H3;1H. The summed E-state index contributed by atoms with van der Waals surface area (Å²) in [4.78, 5) is 9.43. The van der Waals surface area contributed by atoms with E-state index < -0.39 is 0 Å². The van der Waals surface area contributed by atoms with Crippen molar-refractivity contribution >= 4 is 29.7 Å².